The van der Waals surface area contributed by atoms with Crippen molar-refractivity contribution in [2.24, 2.45) is 0 Å². The number of carbonyl (C=O) groups excluding carboxylic acids is 1. The van der Waals surface area contributed by atoms with E-state index >= 15 is 0 Å². The SMILES string of the molecule is CC1CN(C(C)C(=O)Nc2ccc(N)cc2)CCS1. The molecule has 104 valence electrons. The average Bonchev–Trinajstić information content (AvgIpc) is 2.40. The van der Waals surface area contributed by atoms with Gasteiger partial charge in [-0.25, -0.2) is 0 Å². The highest BCUT2D eigenvalue weighted by molar-refractivity contribution is 7.99. The molecule has 1 aromatic carbocycles. The normalized spacial score (nSPS) is 21.9. The molecule has 0 radical (unpaired) electrons. The summed E-state index contributed by atoms with van der Waals surface area (Å²) >= 11 is 1.97. The maximum absolute atomic E-state index is 12.2. The van der Waals surface area contributed by atoms with Gasteiger partial charge in [0.1, 0.15) is 0 Å². The van der Waals surface area contributed by atoms with Crippen molar-refractivity contribution >= 4 is 29.0 Å². The molecule has 0 aliphatic carbocycles. The van der Waals surface area contributed by atoms with E-state index in [2.05, 4.69) is 17.1 Å². The van der Waals surface area contributed by atoms with Gasteiger partial charge in [0.15, 0.2) is 0 Å². The number of carbonyl (C=O) groups is 1. The number of rotatable bonds is 3. The summed E-state index contributed by atoms with van der Waals surface area (Å²) < 4.78 is 0. The van der Waals surface area contributed by atoms with Gasteiger partial charge in [0.25, 0.3) is 0 Å². The lowest BCUT2D eigenvalue weighted by Gasteiger charge is -2.34. The monoisotopic (exact) mass is 279 g/mol. The molecule has 19 heavy (non-hydrogen) atoms. The number of benzene rings is 1. The fourth-order valence-electron chi connectivity index (χ4n) is 2.18. The summed E-state index contributed by atoms with van der Waals surface area (Å²) in [5, 5.41) is 3.54. The zero-order valence-electron chi connectivity index (χ0n) is 11.4. The maximum atomic E-state index is 12.2. The molecule has 2 unspecified atom stereocenters. The summed E-state index contributed by atoms with van der Waals surface area (Å²) in [5.41, 5.74) is 7.12. The molecule has 1 amide bonds. The van der Waals surface area contributed by atoms with Crippen molar-refractivity contribution in [3.05, 3.63) is 24.3 Å². The van der Waals surface area contributed by atoms with Crippen LogP contribution in [-0.4, -0.2) is 40.9 Å². The van der Waals surface area contributed by atoms with E-state index in [-0.39, 0.29) is 11.9 Å². The lowest BCUT2D eigenvalue weighted by Crippen LogP contribution is -2.47. The second-order valence-electron chi connectivity index (χ2n) is 4.96. The molecule has 1 heterocycles. The zero-order chi connectivity index (χ0) is 13.8. The van der Waals surface area contributed by atoms with E-state index in [1.54, 1.807) is 12.1 Å². The van der Waals surface area contributed by atoms with Gasteiger partial charge in [-0.05, 0) is 31.2 Å². The van der Waals surface area contributed by atoms with Gasteiger partial charge in [-0.2, -0.15) is 11.8 Å². The molecule has 1 aliphatic rings. The fraction of sp³-hybridized carbons (Fsp3) is 0.500. The van der Waals surface area contributed by atoms with Crippen LogP contribution in [-0.2, 0) is 4.79 Å². The smallest absolute Gasteiger partial charge is 0.241 e. The largest absolute Gasteiger partial charge is 0.399 e. The number of thioether (sulfide) groups is 1. The average molecular weight is 279 g/mol. The Morgan fingerprint density at radius 3 is 2.79 bits per heavy atom. The van der Waals surface area contributed by atoms with Crippen LogP contribution in [0.3, 0.4) is 0 Å². The van der Waals surface area contributed by atoms with Gasteiger partial charge in [-0.1, -0.05) is 6.92 Å². The van der Waals surface area contributed by atoms with Crippen LogP contribution in [0.2, 0.25) is 0 Å². The first-order chi connectivity index (χ1) is 9.06. The fourth-order valence-corrected chi connectivity index (χ4v) is 3.22. The van der Waals surface area contributed by atoms with Crippen LogP contribution < -0.4 is 11.1 Å². The van der Waals surface area contributed by atoms with Gasteiger partial charge in [-0.3, -0.25) is 9.69 Å². The summed E-state index contributed by atoms with van der Waals surface area (Å²) in [6, 6.07) is 7.14. The highest BCUT2D eigenvalue weighted by Gasteiger charge is 2.25. The third-order valence-electron chi connectivity index (χ3n) is 3.38. The molecule has 1 aromatic rings. The molecule has 5 heteroatoms. The first kappa shape index (κ1) is 14.2. The van der Waals surface area contributed by atoms with E-state index < -0.39 is 0 Å². The number of nitrogens with two attached hydrogens (primary N) is 1. The molecule has 0 aromatic heterocycles. The van der Waals surface area contributed by atoms with Gasteiger partial charge in [0, 0.05) is 35.5 Å². The predicted octanol–water partition coefficient (Wildman–Crippen LogP) is 2.03. The van der Waals surface area contributed by atoms with E-state index in [0.717, 1.165) is 24.5 Å². The van der Waals surface area contributed by atoms with Gasteiger partial charge in [0.2, 0.25) is 5.91 Å². The highest BCUT2D eigenvalue weighted by Crippen LogP contribution is 2.20. The van der Waals surface area contributed by atoms with Gasteiger partial charge >= 0.3 is 0 Å². The Morgan fingerprint density at radius 1 is 1.47 bits per heavy atom. The van der Waals surface area contributed by atoms with Crippen LogP contribution in [0.4, 0.5) is 11.4 Å². The predicted molar refractivity (Wildman–Crippen MR) is 82.4 cm³/mol. The van der Waals surface area contributed by atoms with Crippen LogP contribution in [0.25, 0.3) is 0 Å². The summed E-state index contributed by atoms with van der Waals surface area (Å²) in [6.07, 6.45) is 0. The number of amides is 1. The van der Waals surface area contributed by atoms with Crippen LogP contribution in [0.1, 0.15) is 13.8 Å². The zero-order valence-corrected chi connectivity index (χ0v) is 12.2. The minimum absolute atomic E-state index is 0.0453. The van der Waals surface area contributed by atoms with Crippen LogP contribution in [0.15, 0.2) is 24.3 Å². The van der Waals surface area contributed by atoms with E-state index in [1.165, 1.54) is 0 Å². The van der Waals surface area contributed by atoms with Crippen molar-refractivity contribution in [2.75, 3.05) is 29.9 Å². The van der Waals surface area contributed by atoms with E-state index in [1.807, 2.05) is 30.8 Å². The Morgan fingerprint density at radius 2 is 2.16 bits per heavy atom. The minimum Gasteiger partial charge on any atom is -0.399 e. The third kappa shape index (κ3) is 3.88. The molecule has 1 saturated heterocycles. The summed E-state index contributed by atoms with van der Waals surface area (Å²) in [5.74, 6) is 1.14. The van der Waals surface area contributed by atoms with Crippen LogP contribution >= 0.6 is 11.8 Å². The maximum Gasteiger partial charge on any atom is 0.241 e. The Bertz CT molecular complexity index is 435. The second-order valence-corrected chi connectivity index (χ2v) is 6.51. The first-order valence-corrected chi connectivity index (χ1v) is 7.63. The van der Waals surface area contributed by atoms with Crippen molar-refractivity contribution in [2.45, 2.75) is 25.1 Å². The molecule has 3 N–H and O–H groups in total. The number of hydrogen-bond donors (Lipinski definition) is 2. The summed E-state index contributed by atoms with van der Waals surface area (Å²) in [4.78, 5) is 14.5. The Hall–Kier alpha value is -1.20. The van der Waals surface area contributed by atoms with Crippen molar-refractivity contribution in [1.29, 1.82) is 0 Å². The molecule has 2 atom stereocenters. The Kier molecular flexibility index (Phi) is 4.71. The van der Waals surface area contributed by atoms with Crippen LogP contribution in [0.5, 0.6) is 0 Å². The van der Waals surface area contributed by atoms with Crippen molar-refractivity contribution in [1.82, 2.24) is 4.90 Å². The lowest BCUT2D eigenvalue weighted by atomic mass is 10.2. The third-order valence-corrected chi connectivity index (χ3v) is 4.51. The standard InChI is InChI=1S/C14H21N3OS/c1-10-9-17(7-8-19-10)11(2)14(18)16-13-5-3-12(15)4-6-13/h3-6,10-11H,7-9,15H2,1-2H3,(H,16,18). The summed E-state index contributed by atoms with van der Waals surface area (Å²) in [6.45, 7) is 6.13. The quantitative estimate of drug-likeness (QED) is 0.831. The Labute approximate surface area is 118 Å². The molecular weight excluding hydrogens is 258 g/mol. The van der Waals surface area contributed by atoms with Gasteiger partial charge in [0.05, 0.1) is 6.04 Å². The van der Waals surface area contributed by atoms with Crippen molar-refractivity contribution < 1.29 is 4.79 Å². The van der Waals surface area contributed by atoms with E-state index in [0.29, 0.717) is 10.9 Å². The Balaban J connectivity index is 1.93. The number of nitrogens with zero attached hydrogens (tertiary/aromatic N) is 1. The molecule has 0 spiro atoms. The minimum atomic E-state index is -0.0964. The number of nitrogen functional groups attached to an aromatic ring is 1. The molecule has 1 fully saturated rings. The summed E-state index contributed by atoms with van der Waals surface area (Å²) in [7, 11) is 0. The number of anilines is 2. The molecule has 0 bridgehead atoms. The first-order valence-electron chi connectivity index (χ1n) is 6.58. The molecule has 0 saturated carbocycles. The second kappa shape index (κ2) is 6.30. The molecule has 4 nitrogen and oxygen atoms in total. The highest BCUT2D eigenvalue weighted by atomic mass is 32.2. The topological polar surface area (TPSA) is 58.4 Å². The van der Waals surface area contributed by atoms with E-state index in [9.17, 15) is 4.79 Å². The molecule has 1 aliphatic heterocycles. The van der Waals surface area contributed by atoms with Crippen molar-refractivity contribution in [3.63, 3.8) is 0 Å². The number of hydrogen-bond acceptors (Lipinski definition) is 4. The van der Waals surface area contributed by atoms with Crippen LogP contribution in [0, 0.1) is 0 Å². The number of nitrogens with one attached hydrogen (secondary N) is 1. The lowest BCUT2D eigenvalue weighted by molar-refractivity contribution is -0.120. The van der Waals surface area contributed by atoms with Crippen molar-refractivity contribution in [3.8, 4) is 0 Å². The van der Waals surface area contributed by atoms with Gasteiger partial charge in [-0.15, -0.1) is 0 Å². The van der Waals surface area contributed by atoms with Gasteiger partial charge < -0.3 is 11.1 Å². The van der Waals surface area contributed by atoms with E-state index in [4.69, 9.17) is 5.73 Å². The molecular formula is C14H21N3OS. The molecule has 2 rings (SSSR count).